The van der Waals surface area contributed by atoms with Gasteiger partial charge in [-0.1, -0.05) is 0 Å². The van der Waals surface area contributed by atoms with Crippen molar-refractivity contribution >= 4 is 19.6 Å². The summed E-state index contributed by atoms with van der Waals surface area (Å²) in [6.45, 7) is 0.0740. The lowest BCUT2D eigenvalue weighted by atomic mass is 10.2. The van der Waals surface area contributed by atoms with Gasteiger partial charge in [0.05, 0.1) is 25.7 Å². The lowest BCUT2D eigenvalue weighted by Gasteiger charge is -2.28. The number of fused-ring (bicyclic) bond motifs is 1. The SMILES string of the molecule is [B]N1CNc2c(ncn2[C@H]2C[C@H](O)[C@@H](CO)O2)C1=N. The number of nitrogens with one attached hydrogen (secondary N) is 2. The Hall–Kier alpha value is -1.58. The van der Waals surface area contributed by atoms with E-state index in [1.165, 1.54) is 4.81 Å². The molecule has 9 heteroatoms. The van der Waals surface area contributed by atoms with Crippen molar-refractivity contribution in [3.63, 3.8) is 0 Å². The molecule has 0 aromatic carbocycles. The highest BCUT2D eigenvalue weighted by molar-refractivity contribution is 6.20. The Morgan fingerprint density at radius 2 is 2.42 bits per heavy atom. The first-order valence-corrected chi connectivity index (χ1v) is 5.98. The maximum absolute atomic E-state index is 9.75. The van der Waals surface area contributed by atoms with Crippen LogP contribution in [0.15, 0.2) is 6.33 Å². The standard InChI is InChI=1S/C10H14BN5O3/c11-16-4-14-10-8(9(16)12)13-3-15(10)7-1-5(18)6(2-17)19-7/h3,5-7,12,14,17-18H,1-2,4H2/t5-,6+,7+/m0/s1. The highest BCUT2D eigenvalue weighted by Gasteiger charge is 2.36. The first-order valence-electron chi connectivity index (χ1n) is 5.98. The second-order valence-corrected chi connectivity index (χ2v) is 4.62. The predicted molar refractivity (Wildman–Crippen MR) is 66.8 cm³/mol. The van der Waals surface area contributed by atoms with Gasteiger partial charge in [-0.2, -0.15) is 0 Å². The average molecular weight is 263 g/mol. The molecule has 1 aromatic heterocycles. The molecule has 3 rings (SSSR count). The lowest BCUT2D eigenvalue weighted by Crippen LogP contribution is -2.38. The van der Waals surface area contributed by atoms with E-state index in [-0.39, 0.29) is 12.4 Å². The third kappa shape index (κ3) is 1.90. The Morgan fingerprint density at radius 1 is 1.63 bits per heavy atom. The van der Waals surface area contributed by atoms with Gasteiger partial charge in [0.1, 0.15) is 29.7 Å². The van der Waals surface area contributed by atoms with Crippen LogP contribution in [0.5, 0.6) is 0 Å². The Labute approximate surface area is 110 Å². The molecule has 4 N–H and O–H groups in total. The van der Waals surface area contributed by atoms with E-state index in [1.807, 2.05) is 0 Å². The molecule has 2 aliphatic heterocycles. The van der Waals surface area contributed by atoms with Gasteiger partial charge < -0.3 is 25.1 Å². The number of amidine groups is 1. The minimum Gasteiger partial charge on any atom is -0.394 e. The van der Waals surface area contributed by atoms with Gasteiger partial charge >= 0.3 is 0 Å². The topological polar surface area (TPSA) is 107 Å². The highest BCUT2D eigenvalue weighted by Crippen LogP contribution is 2.33. The molecule has 0 spiro atoms. The molecule has 1 aromatic rings. The molecule has 0 aliphatic carbocycles. The van der Waals surface area contributed by atoms with E-state index in [9.17, 15) is 5.11 Å². The summed E-state index contributed by atoms with van der Waals surface area (Å²) >= 11 is 0. The van der Waals surface area contributed by atoms with Crippen molar-refractivity contribution in [2.45, 2.75) is 24.9 Å². The van der Waals surface area contributed by atoms with Crippen LogP contribution >= 0.6 is 0 Å². The van der Waals surface area contributed by atoms with Gasteiger partial charge in [-0.05, 0) is 0 Å². The molecular weight excluding hydrogens is 249 g/mol. The molecule has 19 heavy (non-hydrogen) atoms. The van der Waals surface area contributed by atoms with Gasteiger partial charge in [0, 0.05) is 6.42 Å². The first kappa shape index (κ1) is 12.5. The van der Waals surface area contributed by atoms with Crippen LogP contribution < -0.4 is 5.32 Å². The maximum Gasteiger partial charge on any atom is 0.231 e. The molecule has 2 aliphatic rings. The van der Waals surface area contributed by atoms with Crippen LogP contribution in [0.25, 0.3) is 0 Å². The minimum atomic E-state index is -0.706. The van der Waals surface area contributed by atoms with Gasteiger partial charge in [-0.25, -0.2) is 4.98 Å². The predicted octanol–water partition coefficient (Wildman–Crippen LogP) is -1.38. The smallest absolute Gasteiger partial charge is 0.231 e. The second kappa shape index (κ2) is 4.51. The monoisotopic (exact) mass is 263 g/mol. The third-order valence-corrected chi connectivity index (χ3v) is 3.42. The lowest BCUT2D eigenvalue weighted by molar-refractivity contribution is -0.0437. The van der Waals surface area contributed by atoms with E-state index in [4.69, 9.17) is 23.2 Å². The van der Waals surface area contributed by atoms with E-state index >= 15 is 0 Å². The zero-order chi connectivity index (χ0) is 13.6. The molecule has 0 amide bonds. The molecule has 8 nitrogen and oxygen atoms in total. The number of aliphatic hydroxyl groups is 2. The van der Waals surface area contributed by atoms with E-state index in [1.54, 1.807) is 10.9 Å². The molecule has 3 atom stereocenters. The number of hydrogen-bond acceptors (Lipinski definition) is 6. The van der Waals surface area contributed by atoms with E-state index in [2.05, 4.69) is 10.3 Å². The summed E-state index contributed by atoms with van der Waals surface area (Å²) in [4.78, 5) is 5.39. The Balaban J connectivity index is 1.88. The molecule has 0 unspecified atom stereocenters. The molecule has 1 saturated heterocycles. The number of nitrogens with zero attached hydrogens (tertiary/aromatic N) is 3. The van der Waals surface area contributed by atoms with Crippen LogP contribution in [-0.4, -0.2) is 63.9 Å². The van der Waals surface area contributed by atoms with Crippen molar-refractivity contribution in [3.8, 4) is 0 Å². The number of imidazole rings is 1. The Kier molecular flexibility index (Phi) is 2.96. The molecule has 2 radical (unpaired) electrons. The summed E-state index contributed by atoms with van der Waals surface area (Å²) in [5, 5.41) is 29.7. The van der Waals surface area contributed by atoms with Crippen molar-refractivity contribution in [2.24, 2.45) is 0 Å². The number of hydrogen-bond donors (Lipinski definition) is 4. The van der Waals surface area contributed by atoms with Crippen LogP contribution in [0.4, 0.5) is 5.82 Å². The quantitative estimate of drug-likeness (QED) is 0.490. The summed E-state index contributed by atoms with van der Waals surface area (Å²) in [5.41, 5.74) is 0.444. The van der Waals surface area contributed by atoms with Crippen LogP contribution in [-0.2, 0) is 4.74 Å². The summed E-state index contributed by atoms with van der Waals surface area (Å²) in [7, 11) is 5.61. The van der Waals surface area contributed by atoms with Crippen LogP contribution in [0.1, 0.15) is 18.3 Å². The third-order valence-electron chi connectivity index (χ3n) is 3.42. The molecule has 0 bridgehead atoms. The number of ether oxygens (including phenoxy) is 1. The molecule has 1 fully saturated rings. The largest absolute Gasteiger partial charge is 0.394 e. The zero-order valence-electron chi connectivity index (χ0n) is 10.2. The summed E-state index contributed by atoms with van der Waals surface area (Å²) in [6.07, 6.45) is 0.213. The summed E-state index contributed by atoms with van der Waals surface area (Å²) in [5.74, 6) is 0.771. The van der Waals surface area contributed by atoms with Gasteiger partial charge in [0.15, 0.2) is 0 Å². The minimum absolute atomic E-state index is 0.129. The van der Waals surface area contributed by atoms with E-state index in [0.29, 0.717) is 24.6 Å². The van der Waals surface area contributed by atoms with Crippen molar-refractivity contribution in [1.29, 1.82) is 5.41 Å². The van der Waals surface area contributed by atoms with Gasteiger partial charge in [-0.15, -0.1) is 0 Å². The number of aromatic nitrogens is 2. The Bertz CT molecular complexity index is 507. The van der Waals surface area contributed by atoms with E-state index < -0.39 is 18.4 Å². The fraction of sp³-hybridized carbons (Fsp3) is 0.600. The average Bonchev–Trinajstić information content (AvgIpc) is 2.97. The highest BCUT2D eigenvalue weighted by atomic mass is 16.5. The van der Waals surface area contributed by atoms with Crippen LogP contribution in [0.3, 0.4) is 0 Å². The first-order chi connectivity index (χ1) is 9.11. The fourth-order valence-electron chi connectivity index (χ4n) is 2.35. The van der Waals surface area contributed by atoms with Crippen LogP contribution in [0, 0.1) is 5.41 Å². The summed E-state index contributed by atoms with van der Waals surface area (Å²) < 4.78 is 7.28. The number of anilines is 1. The normalized spacial score (nSPS) is 30.3. The van der Waals surface area contributed by atoms with E-state index in [0.717, 1.165) is 0 Å². The summed E-state index contributed by atoms with van der Waals surface area (Å²) in [6, 6.07) is 0. The maximum atomic E-state index is 9.75. The van der Waals surface area contributed by atoms with Crippen molar-refractivity contribution in [3.05, 3.63) is 12.0 Å². The molecule has 0 saturated carbocycles. The number of aliphatic hydroxyl groups excluding tert-OH is 2. The van der Waals surface area contributed by atoms with Gasteiger partial charge in [-0.3, -0.25) is 9.98 Å². The van der Waals surface area contributed by atoms with Gasteiger partial charge in [0.25, 0.3) is 0 Å². The second-order valence-electron chi connectivity index (χ2n) is 4.62. The molecular formula is C10H14BN5O3. The zero-order valence-corrected chi connectivity index (χ0v) is 10.2. The Morgan fingerprint density at radius 3 is 3.11 bits per heavy atom. The van der Waals surface area contributed by atoms with Crippen molar-refractivity contribution < 1.29 is 14.9 Å². The van der Waals surface area contributed by atoms with Crippen molar-refractivity contribution in [2.75, 3.05) is 18.6 Å². The van der Waals surface area contributed by atoms with Crippen LogP contribution in [0.2, 0.25) is 0 Å². The molecule has 3 heterocycles. The van der Waals surface area contributed by atoms with Crippen molar-refractivity contribution in [1.82, 2.24) is 14.4 Å². The van der Waals surface area contributed by atoms with Gasteiger partial charge in [0.2, 0.25) is 7.98 Å². The number of rotatable bonds is 2. The fourth-order valence-corrected chi connectivity index (χ4v) is 2.35. The molecule has 100 valence electrons.